The number of benzene rings is 2. The number of methoxy groups -OCH3 is 6. The van der Waals surface area contributed by atoms with Gasteiger partial charge in [0.1, 0.15) is 11.3 Å². The van der Waals surface area contributed by atoms with E-state index in [1.54, 1.807) is 24.3 Å². The van der Waals surface area contributed by atoms with E-state index in [-0.39, 0.29) is 11.5 Å². The first-order chi connectivity index (χ1) is 17.4. The number of nitrogens with two attached hydrogens (primary N) is 2. The van der Waals surface area contributed by atoms with Crippen molar-refractivity contribution in [2.75, 3.05) is 54.1 Å². The number of anilines is 2. The minimum absolute atomic E-state index is 0.227. The minimum Gasteiger partial charge on any atom is -0.493 e. The molecular weight excluding hydrogens is 466 g/mol. The Bertz CT molecular complexity index is 1390. The molecule has 188 valence electrons. The van der Waals surface area contributed by atoms with Crippen molar-refractivity contribution in [1.82, 2.24) is 15.0 Å². The average Bonchev–Trinajstić information content (AvgIpc) is 2.90. The van der Waals surface area contributed by atoms with Crippen LogP contribution in [0.25, 0.3) is 33.7 Å². The van der Waals surface area contributed by atoms with E-state index < -0.39 is 0 Å². The zero-order valence-electron chi connectivity index (χ0n) is 20.8. The highest BCUT2D eigenvalue weighted by molar-refractivity contribution is 5.92. The summed E-state index contributed by atoms with van der Waals surface area (Å²) in [5, 5.41) is 0. The van der Waals surface area contributed by atoms with Crippen LogP contribution in [-0.2, 0) is 0 Å². The lowest BCUT2D eigenvalue weighted by Crippen LogP contribution is -2.04. The lowest BCUT2D eigenvalue weighted by molar-refractivity contribution is 0.324. The summed E-state index contributed by atoms with van der Waals surface area (Å²) in [6.45, 7) is 0. The van der Waals surface area contributed by atoms with Gasteiger partial charge < -0.3 is 39.9 Å². The highest BCUT2D eigenvalue weighted by Crippen LogP contribution is 2.45. The van der Waals surface area contributed by atoms with Gasteiger partial charge in [-0.05, 0) is 24.3 Å². The Labute approximate surface area is 207 Å². The van der Waals surface area contributed by atoms with E-state index in [0.717, 1.165) is 0 Å². The number of hydrogen-bond acceptors (Lipinski definition) is 11. The molecular formula is C25H27N5O6. The molecule has 0 bridgehead atoms. The summed E-state index contributed by atoms with van der Waals surface area (Å²) in [6.07, 6.45) is 0. The third kappa shape index (κ3) is 4.15. The highest BCUT2D eigenvalue weighted by Gasteiger charge is 2.23. The first-order valence-electron chi connectivity index (χ1n) is 10.7. The third-order valence-electron chi connectivity index (χ3n) is 5.57. The highest BCUT2D eigenvalue weighted by atomic mass is 16.5. The van der Waals surface area contributed by atoms with Crippen molar-refractivity contribution < 1.29 is 28.4 Å². The van der Waals surface area contributed by atoms with E-state index in [1.807, 2.05) is 0 Å². The molecule has 36 heavy (non-hydrogen) atoms. The molecule has 4 rings (SSSR count). The summed E-state index contributed by atoms with van der Waals surface area (Å²) >= 11 is 0. The molecule has 0 atom stereocenters. The molecule has 11 heteroatoms. The molecule has 0 unspecified atom stereocenters. The fourth-order valence-corrected chi connectivity index (χ4v) is 3.92. The van der Waals surface area contributed by atoms with E-state index in [1.165, 1.54) is 48.7 Å². The predicted molar refractivity (Wildman–Crippen MR) is 136 cm³/mol. The smallest absolute Gasteiger partial charge is 0.203 e. The van der Waals surface area contributed by atoms with Crippen LogP contribution in [0.4, 0.5) is 11.5 Å². The summed E-state index contributed by atoms with van der Waals surface area (Å²) in [6, 6.07) is 8.64. The van der Waals surface area contributed by atoms with Crippen molar-refractivity contribution >= 4 is 22.7 Å². The van der Waals surface area contributed by atoms with Gasteiger partial charge in [-0.1, -0.05) is 0 Å². The second-order valence-corrected chi connectivity index (χ2v) is 7.56. The van der Waals surface area contributed by atoms with Crippen LogP contribution in [0.1, 0.15) is 0 Å². The van der Waals surface area contributed by atoms with Gasteiger partial charge in [0.05, 0.1) is 59.7 Å². The number of fused-ring (bicyclic) bond motifs is 1. The van der Waals surface area contributed by atoms with Gasteiger partial charge in [-0.15, -0.1) is 0 Å². The molecule has 0 fully saturated rings. The molecule has 2 aromatic heterocycles. The Morgan fingerprint density at radius 3 is 1.33 bits per heavy atom. The van der Waals surface area contributed by atoms with Crippen LogP contribution in [0, 0.1) is 0 Å². The van der Waals surface area contributed by atoms with E-state index in [9.17, 15) is 0 Å². The molecule has 2 heterocycles. The second kappa shape index (κ2) is 9.90. The van der Waals surface area contributed by atoms with Gasteiger partial charge in [0.2, 0.25) is 11.5 Å². The topological polar surface area (TPSA) is 146 Å². The van der Waals surface area contributed by atoms with E-state index in [0.29, 0.717) is 68.2 Å². The van der Waals surface area contributed by atoms with Crippen molar-refractivity contribution in [3.8, 4) is 57.0 Å². The summed E-state index contributed by atoms with van der Waals surface area (Å²) < 4.78 is 33.2. The van der Waals surface area contributed by atoms with Gasteiger partial charge in [-0.25, -0.2) is 15.0 Å². The zero-order chi connectivity index (χ0) is 26.0. The molecule has 4 aromatic rings. The summed E-state index contributed by atoms with van der Waals surface area (Å²) in [7, 11) is 9.23. The van der Waals surface area contributed by atoms with Crippen LogP contribution in [0.15, 0.2) is 30.3 Å². The monoisotopic (exact) mass is 493 g/mol. The van der Waals surface area contributed by atoms with Crippen LogP contribution in [0.2, 0.25) is 0 Å². The van der Waals surface area contributed by atoms with E-state index in [4.69, 9.17) is 49.9 Å². The summed E-state index contributed by atoms with van der Waals surface area (Å²) in [5.41, 5.74) is 15.4. The number of aromatic nitrogens is 3. The molecule has 0 amide bonds. The molecule has 0 aliphatic heterocycles. The Kier molecular flexibility index (Phi) is 6.73. The Balaban J connectivity index is 2.11. The Morgan fingerprint density at radius 2 is 0.944 bits per heavy atom. The van der Waals surface area contributed by atoms with Crippen molar-refractivity contribution in [1.29, 1.82) is 0 Å². The lowest BCUT2D eigenvalue weighted by atomic mass is 10.0. The van der Waals surface area contributed by atoms with Gasteiger partial charge in [0.15, 0.2) is 28.6 Å². The van der Waals surface area contributed by atoms with Gasteiger partial charge in [0.25, 0.3) is 0 Å². The van der Waals surface area contributed by atoms with Gasteiger partial charge >= 0.3 is 0 Å². The molecule has 0 aliphatic carbocycles. The number of nitrogens with zero attached hydrogens (tertiary/aromatic N) is 3. The first kappa shape index (κ1) is 24.5. The van der Waals surface area contributed by atoms with Crippen LogP contribution in [0.3, 0.4) is 0 Å². The van der Waals surface area contributed by atoms with Crippen molar-refractivity contribution in [2.45, 2.75) is 0 Å². The fraction of sp³-hybridized carbons (Fsp3) is 0.240. The van der Waals surface area contributed by atoms with E-state index >= 15 is 0 Å². The molecule has 4 N–H and O–H groups in total. The molecule has 11 nitrogen and oxygen atoms in total. The Morgan fingerprint density at radius 1 is 0.528 bits per heavy atom. The fourth-order valence-electron chi connectivity index (χ4n) is 3.92. The van der Waals surface area contributed by atoms with Crippen LogP contribution >= 0.6 is 0 Å². The van der Waals surface area contributed by atoms with Gasteiger partial charge in [0, 0.05) is 17.2 Å². The maximum Gasteiger partial charge on any atom is 0.203 e. The van der Waals surface area contributed by atoms with Crippen molar-refractivity contribution in [3.05, 3.63) is 30.3 Å². The molecule has 2 aromatic carbocycles. The van der Waals surface area contributed by atoms with Gasteiger partial charge in [-0.2, -0.15) is 0 Å². The number of pyridine rings is 1. The van der Waals surface area contributed by atoms with Crippen LogP contribution in [0.5, 0.6) is 34.5 Å². The summed E-state index contributed by atoms with van der Waals surface area (Å²) in [5.74, 6) is 2.92. The van der Waals surface area contributed by atoms with Crippen molar-refractivity contribution in [2.24, 2.45) is 0 Å². The van der Waals surface area contributed by atoms with E-state index in [2.05, 4.69) is 4.98 Å². The molecule has 0 spiro atoms. The quantitative estimate of drug-likeness (QED) is 0.371. The SMILES string of the molecule is COc1cc(-c2nc3nc(N)cc(N)c3nc2-c2cc(OC)c(OC)c(OC)c2)cc(OC)c1OC. The van der Waals surface area contributed by atoms with Crippen LogP contribution < -0.4 is 39.9 Å². The second-order valence-electron chi connectivity index (χ2n) is 7.56. The zero-order valence-corrected chi connectivity index (χ0v) is 20.8. The van der Waals surface area contributed by atoms with Gasteiger partial charge in [-0.3, -0.25) is 0 Å². The number of ether oxygens (including phenoxy) is 6. The average molecular weight is 494 g/mol. The standard InChI is InChI=1S/C25H27N5O6/c1-31-15-7-12(8-16(32-2)23(15)35-5)20-21(30-25-22(29-20)14(26)11-19(27)28-25)13-9-17(33-3)24(36-6)18(10-13)34-4/h7-11H,1-6H3,(H4,26,27,28,30). The molecule has 0 saturated carbocycles. The number of rotatable bonds is 8. The van der Waals surface area contributed by atoms with Crippen LogP contribution in [-0.4, -0.2) is 57.6 Å². The largest absolute Gasteiger partial charge is 0.493 e. The first-order valence-corrected chi connectivity index (χ1v) is 10.7. The number of hydrogen-bond donors (Lipinski definition) is 2. The molecule has 0 radical (unpaired) electrons. The van der Waals surface area contributed by atoms with Crippen molar-refractivity contribution in [3.63, 3.8) is 0 Å². The molecule has 0 saturated heterocycles. The molecule has 0 aliphatic rings. The maximum absolute atomic E-state index is 6.23. The number of nitrogen functional groups attached to an aromatic ring is 2. The summed E-state index contributed by atoms with van der Waals surface area (Å²) in [4.78, 5) is 14.0. The third-order valence-corrected chi connectivity index (χ3v) is 5.57. The predicted octanol–water partition coefficient (Wildman–Crippen LogP) is 3.57. The maximum atomic E-state index is 6.23. The normalized spacial score (nSPS) is 10.7. The lowest BCUT2D eigenvalue weighted by Gasteiger charge is -2.17. The minimum atomic E-state index is 0.227. The Hall–Kier alpha value is -4.67.